The lowest BCUT2D eigenvalue weighted by Gasteiger charge is -2.18. The van der Waals surface area contributed by atoms with Crippen LogP contribution in [0.5, 0.6) is 0 Å². The Morgan fingerprint density at radius 2 is 1.24 bits per heavy atom. The SMILES string of the molecule is CCCCCCCCCC(O)C(C)CCCC. The number of hydrogen-bond donors (Lipinski definition) is 1. The van der Waals surface area contributed by atoms with Crippen LogP contribution in [0.4, 0.5) is 0 Å². The van der Waals surface area contributed by atoms with Gasteiger partial charge in [0.25, 0.3) is 0 Å². The van der Waals surface area contributed by atoms with Crippen molar-refractivity contribution in [2.75, 3.05) is 0 Å². The van der Waals surface area contributed by atoms with Gasteiger partial charge in [0, 0.05) is 0 Å². The van der Waals surface area contributed by atoms with Crippen LogP contribution < -0.4 is 0 Å². The fourth-order valence-electron chi connectivity index (χ4n) is 2.31. The largest absolute Gasteiger partial charge is 0.393 e. The molecule has 0 amide bonds. The summed E-state index contributed by atoms with van der Waals surface area (Å²) in [6.07, 6.45) is 14.0. The molecule has 0 rings (SSSR count). The van der Waals surface area contributed by atoms with Gasteiger partial charge in [-0.15, -0.1) is 0 Å². The molecule has 0 aliphatic carbocycles. The van der Waals surface area contributed by atoms with Crippen molar-refractivity contribution in [3.8, 4) is 0 Å². The fourth-order valence-corrected chi connectivity index (χ4v) is 2.31. The molecule has 0 aromatic carbocycles. The number of aliphatic hydroxyl groups is 1. The van der Waals surface area contributed by atoms with E-state index < -0.39 is 0 Å². The van der Waals surface area contributed by atoms with Gasteiger partial charge in [-0.05, 0) is 18.8 Å². The zero-order valence-corrected chi connectivity index (χ0v) is 12.4. The minimum absolute atomic E-state index is 0.0582. The van der Waals surface area contributed by atoms with Crippen molar-refractivity contribution >= 4 is 0 Å². The first-order valence-electron chi connectivity index (χ1n) is 7.90. The molecule has 17 heavy (non-hydrogen) atoms. The molecule has 0 radical (unpaired) electrons. The Balaban J connectivity index is 3.28. The van der Waals surface area contributed by atoms with Crippen LogP contribution in [0.3, 0.4) is 0 Å². The number of rotatable bonds is 12. The van der Waals surface area contributed by atoms with E-state index in [1.165, 1.54) is 64.2 Å². The average Bonchev–Trinajstić information content (AvgIpc) is 2.34. The zero-order valence-electron chi connectivity index (χ0n) is 12.4. The highest BCUT2D eigenvalue weighted by atomic mass is 16.3. The van der Waals surface area contributed by atoms with E-state index in [1.807, 2.05) is 0 Å². The van der Waals surface area contributed by atoms with Crippen molar-refractivity contribution in [2.24, 2.45) is 5.92 Å². The first kappa shape index (κ1) is 17.0. The molecule has 1 nitrogen and oxygen atoms in total. The van der Waals surface area contributed by atoms with Gasteiger partial charge in [-0.1, -0.05) is 78.6 Å². The summed E-state index contributed by atoms with van der Waals surface area (Å²) < 4.78 is 0. The molecule has 0 bridgehead atoms. The van der Waals surface area contributed by atoms with E-state index in [0.29, 0.717) is 5.92 Å². The Labute approximate surface area is 109 Å². The van der Waals surface area contributed by atoms with E-state index in [0.717, 1.165) is 6.42 Å². The van der Waals surface area contributed by atoms with E-state index >= 15 is 0 Å². The monoisotopic (exact) mass is 242 g/mol. The van der Waals surface area contributed by atoms with E-state index in [9.17, 15) is 5.11 Å². The zero-order chi connectivity index (χ0) is 12.9. The van der Waals surface area contributed by atoms with Crippen LogP contribution in [0.15, 0.2) is 0 Å². The lowest BCUT2D eigenvalue weighted by molar-refractivity contribution is 0.0988. The van der Waals surface area contributed by atoms with Gasteiger partial charge in [0.2, 0.25) is 0 Å². The summed E-state index contributed by atoms with van der Waals surface area (Å²) in [4.78, 5) is 0. The van der Waals surface area contributed by atoms with Crippen LogP contribution in [0.25, 0.3) is 0 Å². The van der Waals surface area contributed by atoms with Gasteiger partial charge in [-0.2, -0.15) is 0 Å². The summed E-state index contributed by atoms with van der Waals surface area (Å²) in [5.74, 6) is 0.495. The summed E-state index contributed by atoms with van der Waals surface area (Å²) in [6.45, 7) is 6.67. The smallest absolute Gasteiger partial charge is 0.0565 e. The lowest BCUT2D eigenvalue weighted by atomic mass is 9.94. The number of unbranched alkanes of at least 4 members (excludes halogenated alkanes) is 7. The minimum Gasteiger partial charge on any atom is -0.393 e. The highest BCUT2D eigenvalue weighted by molar-refractivity contribution is 4.64. The van der Waals surface area contributed by atoms with Gasteiger partial charge in [-0.25, -0.2) is 0 Å². The van der Waals surface area contributed by atoms with Crippen LogP contribution in [0.2, 0.25) is 0 Å². The predicted octanol–water partition coefficient (Wildman–Crippen LogP) is 5.31. The van der Waals surface area contributed by atoms with E-state index in [4.69, 9.17) is 0 Å². The average molecular weight is 242 g/mol. The highest BCUT2D eigenvalue weighted by Crippen LogP contribution is 2.18. The molecule has 0 heterocycles. The second kappa shape index (κ2) is 12.4. The first-order valence-corrected chi connectivity index (χ1v) is 7.90. The molecule has 0 aromatic heterocycles. The Morgan fingerprint density at radius 1 is 0.706 bits per heavy atom. The molecule has 2 unspecified atom stereocenters. The van der Waals surface area contributed by atoms with Gasteiger partial charge in [0.15, 0.2) is 0 Å². The van der Waals surface area contributed by atoms with Gasteiger partial charge < -0.3 is 5.11 Å². The topological polar surface area (TPSA) is 20.2 Å². The van der Waals surface area contributed by atoms with Gasteiger partial charge in [0.1, 0.15) is 0 Å². The predicted molar refractivity (Wildman–Crippen MR) is 77.3 cm³/mol. The number of aliphatic hydroxyl groups excluding tert-OH is 1. The molecular weight excluding hydrogens is 208 g/mol. The molecule has 1 N–H and O–H groups in total. The van der Waals surface area contributed by atoms with Crippen molar-refractivity contribution in [1.82, 2.24) is 0 Å². The Kier molecular flexibility index (Phi) is 12.4. The van der Waals surface area contributed by atoms with Crippen molar-refractivity contribution in [2.45, 2.75) is 97.5 Å². The van der Waals surface area contributed by atoms with Crippen molar-refractivity contribution in [3.63, 3.8) is 0 Å². The standard InChI is InChI=1S/C16H34O/c1-4-6-8-9-10-11-12-14-16(17)15(3)13-7-5-2/h15-17H,4-14H2,1-3H3. The molecule has 0 aromatic rings. The third kappa shape index (κ3) is 10.8. The summed E-state index contributed by atoms with van der Waals surface area (Å²) >= 11 is 0. The lowest BCUT2D eigenvalue weighted by Crippen LogP contribution is -2.17. The summed E-state index contributed by atoms with van der Waals surface area (Å²) in [7, 11) is 0. The summed E-state index contributed by atoms with van der Waals surface area (Å²) in [6, 6.07) is 0. The molecule has 0 saturated carbocycles. The van der Waals surface area contributed by atoms with Gasteiger partial charge in [-0.3, -0.25) is 0 Å². The molecule has 0 fully saturated rings. The summed E-state index contributed by atoms with van der Waals surface area (Å²) in [5, 5.41) is 9.99. The third-order valence-corrected chi connectivity index (χ3v) is 3.77. The van der Waals surface area contributed by atoms with E-state index in [-0.39, 0.29) is 6.10 Å². The minimum atomic E-state index is -0.0582. The number of hydrogen-bond acceptors (Lipinski definition) is 1. The Morgan fingerprint density at radius 3 is 1.82 bits per heavy atom. The Hall–Kier alpha value is -0.0400. The van der Waals surface area contributed by atoms with Crippen molar-refractivity contribution in [1.29, 1.82) is 0 Å². The molecule has 2 atom stereocenters. The van der Waals surface area contributed by atoms with Gasteiger partial charge >= 0.3 is 0 Å². The van der Waals surface area contributed by atoms with Crippen LogP contribution >= 0.6 is 0 Å². The van der Waals surface area contributed by atoms with Crippen LogP contribution in [-0.2, 0) is 0 Å². The normalized spacial score (nSPS) is 14.8. The second-order valence-electron chi connectivity index (χ2n) is 5.60. The van der Waals surface area contributed by atoms with E-state index in [1.54, 1.807) is 0 Å². The molecule has 0 saturated heterocycles. The quantitative estimate of drug-likeness (QED) is 0.460. The maximum Gasteiger partial charge on any atom is 0.0565 e. The molecule has 0 aliphatic heterocycles. The fraction of sp³-hybridized carbons (Fsp3) is 1.00. The second-order valence-corrected chi connectivity index (χ2v) is 5.60. The molecule has 104 valence electrons. The van der Waals surface area contributed by atoms with Gasteiger partial charge in [0.05, 0.1) is 6.10 Å². The van der Waals surface area contributed by atoms with Crippen molar-refractivity contribution < 1.29 is 5.11 Å². The summed E-state index contributed by atoms with van der Waals surface area (Å²) in [5.41, 5.74) is 0. The van der Waals surface area contributed by atoms with E-state index in [2.05, 4.69) is 20.8 Å². The molecule has 0 aliphatic rings. The molecule has 1 heteroatoms. The maximum absolute atomic E-state index is 9.99. The Bertz CT molecular complexity index is 144. The maximum atomic E-state index is 9.99. The van der Waals surface area contributed by atoms with Crippen LogP contribution in [0, 0.1) is 5.92 Å². The van der Waals surface area contributed by atoms with Crippen molar-refractivity contribution in [3.05, 3.63) is 0 Å². The third-order valence-electron chi connectivity index (χ3n) is 3.77. The first-order chi connectivity index (χ1) is 8.22. The molecular formula is C16H34O. The highest BCUT2D eigenvalue weighted by Gasteiger charge is 2.12. The molecule has 0 spiro atoms. The van der Waals surface area contributed by atoms with Crippen LogP contribution in [-0.4, -0.2) is 11.2 Å². The van der Waals surface area contributed by atoms with Crippen LogP contribution in [0.1, 0.15) is 91.4 Å².